The zero-order valence-corrected chi connectivity index (χ0v) is 17.9. The van der Waals surface area contributed by atoms with Crippen LogP contribution >= 0.6 is 0 Å². The number of likely N-dealkylation sites (N-methyl/N-ethyl adjacent to an activating group) is 1. The number of rotatable bonds is 7. The molecule has 0 aliphatic carbocycles. The van der Waals surface area contributed by atoms with Crippen LogP contribution in [-0.2, 0) is 13.5 Å². The Balaban J connectivity index is 1.79. The molecular formula is C23H25FN4O3. The fraction of sp³-hybridized carbons (Fsp3) is 0.261. The number of hydrogen-bond donors (Lipinski definition) is 2. The molecule has 0 spiro atoms. The predicted molar refractivity (Wildman–Crippen MR) is 117 cm³/mol. The molecule has 0 atom stereocenters. The summed E-state index contributed by atoms with van der Waals surface area (Å²) in [6, 6.07) is 10.3. The van der Waals surface area contributed by atoms with Gasteiger partial charge in [-0.25, -0.2) is 9.18 Å². The molecule has 1 heterocycles. The maximum Gasteiger partial charge on any atom is 0.337 e. The van der Waals surface area contributed by atoms with Crippen molar-refractivity contribution in [3.8, 4) is 0 Å². The van der Waals surface area contributed by atoms with Crippen molar-refractivity contribution < 1.29 is 19.1 Å². The van der Waals surface area contributed by atoms with E-state index >= 15 is 0 Å². The number of aromatic nitrogens is 2. The minimum Gasteiger partial charge on any atom is -0.478 e. The van der Waals surface area contributed by atoms with Gasteiger partial charge >= 0.3 is 5.97 Å². The highest BCUT2D eigenvalue weighted by molar-refractivity contribution is 6.05. The van der Waals surface area contributed by atoms with E-state index in [2.05, 4.69) is 10.4 Å². The van der Waals surface area contributed by atoms with Gasteiger partial charge in [0.1, 0.15) is 5.82 Å². The molecule has 0 fully saturated rings. The number of anilines is 2. The Morgan fingerprint density at radius 2 is 1.87 bits per heavy atom. The highest BCUT2D eigenvalue weighted by Crippen LogP contribution is 2.25. The number of carboxylic acids is 1. The second-order valence-electron chi connectivity index (χ2n) is 7.42. The van der Waals surface area contributed by atoms with Crippen molar-refractivity contribution in [1.82, 2.24) is 9.78 Å². The van der Waals surface area contributed by atoms with E-state index in [0.29, 0.717) is 18.7 Å². The maximum atomic E-state index is 13.8. The number of carbonyl (C=O) groups excluding carboxylic acids is 1. The fourth-order valence-electron chi connectivity index (χ4n) is 3.54. The number of aromatic carboxylic acids is 1. The Kier molecular flexibility index (Phi) is 6.39. The molecule has 7 nitrogen and oxygen atoms in total. The number of benzene rings is 2. The van der Waals surface area contributed by atoms with Gasteiger partial charge in [-0.15, -0.1) is 0 Å². The number of carbonyl (C=O) groups is 2. The Hall–Kier alpha value is -3.68. The van der Waals surface area contributed by atoms with Crippen molar-refractivity contribution >= 4 is 23.3 Å². The second-order valence-corrected chi connectivity index (χ2v) is 7.42. The number of carboxylic acid groups (broad SMARTS) is 1. The summed E-state index contributed by atoms with van der Waals surface area (Å²) in [6.45, 7) is 4.55. The predicted octanol–water partition coefficient (Wildman–Crippen LogP) is 3.81. The number of hydrogen-bond acceptors (Lipinski definition) is 4. The van der Waals surface area contributed by atoms with Gasteiger partial charge in [-0.1, -0.05) is 12.1 Å². The smallest absolute Gasteiger partial charge is 0.337 e. The van der Waals surface area contributed by atoms with Crippen molar-refractivity contribution in [2.24, 2.45) is 7.05 Å². The summed E-state index contributed by atoms with van der Waals surface area (Å²) < 4.78 is 15.7. The first kappa shape index (κ1) is 22.0. The third kappa shape index (κ3) is 4.74. The van der Waals surface area contributed by atoms with E-state index in [1.165, 1.54) is 24.3 Å². The minimum absolute atomic E-state index is 0.0495. The van der Waals surface area contributed by atoms with E-state index in [9.17, 15) is 19.1 Å². The number of nitrogens with one attached hydrogen (secondary N) is 1. The Labute approximate surface area is 180 Å². The molecule has 3 aromatic rings. The average molecular weight is 424 g/mol. The molecule has 3 rings (SSSR count). The largest absolute Gasteiger partial charge is 0.478 e. The van der Waals surface area contributed by atoms with Crippen LogP contribution in [0.3, 0.4) is 0 Å². The van der Waals surface area contributed by atoms with Crippen molar-refractivity contribution in [2.75, 3.05) is 23.8 Å². The molecule has 0 aliphatic rings. The molecule has 0 bridgehead atoms. The summed E-state index contributed by atoms with van der Waals surface area (Å²) in [4.78, 5) is 26.1. The van der Waals surface area contributed by atoms with Gasteiger partial charge in [0.25, 0.3) is 5.91 Å². The monoisotopic (exact) mass is 424 g/mol. The summed E-state index contributed by atoms with van der Waals surface area (Å²) in [5, 5.41) is 16.7. The molecule has 0 aliphatic heterocycles. The number of amides is 1. The van der Waals surface area contributed by atoms with E-state index in [1.807, 2.05) is 37.5 Å². The summed E-state index contributed by atoms with van der Waals surface area (Å²) in [5.74, 6) is -2.40. The van der Waals surface area contributed by atoms with Gasteiger partial charge in [0.05, 0.1) is 22.5 Å². The lowest BCUT2D eigenvalue weighted by molar-refractivity contribution is 0.0697. The molecular weight excluding hydrogens is 399 g/mol. The van der Waals surface area contributed by atoms with Crippen molar-refractivity contribution in [3.05, 3.63) is 76.4 Å². The lowest BCUT2D eigenvalue weighted by Gasteiger charge is -2.22. The lowest BCUT2D eigenvalue weighted by Crippen LogP contribution is -2.23. The summed E-state index contributed by atoms with van der Waals surface area (Å²) in [5.41, 5.74) is 3.92. The molecule has 2 N–H and O–H groups in total. The van der Waals surface area contributed by atoms with Gasteiger partial charge in [0.2, 0.25) is 0 Å². The SMILES string of the molecule is Cc1nn(C)c(C)c1CCN(C)c1ccc(NC(=O)c2ccccc2F)cc1C(=O)O. The molecule has 1 amide bonds. The van der Waals surface area contributed by atoms with Gasteiger partial charge in [-0.05, 0) is 56.2 Å². The van der Waals surface area contributed by atoms with Crippen LogP contribution in [0.1, 0.15) is 37.7 Å². The normalized spacial score (nSPS) is 10.7. The van der Waals surface area contributed by atoms with Crippen LogP contribution in [-0.4, -0.2) is 40.4 Å². The van der Waals surface area contributed by atoms with Crippen LogP contribution in [0.5, 0.6) is 0 Å². The van der Waals surface area contributed by atoms with E-state index in [-0.39, 0.29) is 16.8 Å². The molecule has 0 saturated carbocycles. The van der Waals surface area contributed by atoms with Crippen LogP contribution in [0.15, 0.2) is 42.5 Å². The van der Waals surface area contributed by atoms with E-state index in [0.717, 1.165) is 17.0 Å². The third-order valence-corrected chi connectivity index (χ3v) is 5.37. The van der Waals surface area contributed by atoms with Crippen molar-refractivity contribution in [2.45, 2.75) is 20.3 Å². The zero-order chi connectivity index (χ0) is 22.7. The summed E-state index contributed by atoms with van der Waals surface area (Å²) in [6.07, 6.45) is 0.715. The van der Waals surface area contributed by atoms with Gasteiger partial charge in [-0.2, -0.15) is 5.10 Å². The third-order valence-electron chi connectivity index (χ3n) is 5.37. The molecule has 162 valence electrons. The highest BCUT2D eigenvalue weighted by Gasteiger charge is 2.18. The van der Waals surface area contributed by atoms with E-state index < -0.39 is 17.7 Å². The van der Waals surface area contributed by atoms with Crippen LogP contribution < -0.4 is 10.2 Å². The van der Waals surface area contributed by atoms with Crippen LogP contribution in [0.25, 0.3) is 0 Å². The summed E-state index contributed by atoms with van der Waals surface area (Å²) >= 11 is 0. The quantitative estimate of drug-likeness (QED) is 0.602. The molecule has 0 unspecified atom stereocenters. The van der Waals surface area contributed by atoms with Crippen molar-refractivity contribution in [3.63, 3.8) is 0 Å². The molecule has 2 aromatic carbocycles. The first-order valence-electron chi connectivity index (χ1n) is 9.82. The first-order valence-corrected chi connectivity index (χ1v) is 9.82. The Morgan fingerprint density at radius 3 is 2.48 bits per heavy atom. The minimum atomic E-state index is -1.11. The average Bonchev–Trinajstić information content (AvgIpc) is 2.97. The standard InChI is InChI=1S/C23H25FN4O3/c1-14-17(15(2)28(4)26-14)11-12-27(3)21-10-9-16(13-19(21)23(30)31)25-22(29)18-7-5-6-8-20(18)24/h5-10,13H,11-12H2,1-4H3,(H,25,29)(H,30,31). The first-order chi connectivity index (χ1) is 14.7. The fourth-order valence-corrected chi connectivity index (χ4v) is 3.54. The number of halogens is 1. The van der Waals surface area contributed by atoms with E-state index in [1.54, 1.807) is 18.2 Å². The van der Waals surface area contributed by atoms with Gasteiger partial charge < -0.3 is 15.3 Å². The Bertz CT molecular complexity index is 1140. The Morgan fingerprint density at radius 1 is 1.16 bits per heavy atom. The maximum absolute atomic E-state index is 13.8. The zero-order valence-electron chi connectivity index (χ0n) is 17.9. The van der Waals surface area contributed by atoms with Crippen LogP contribution in [0.2, 0.25) is 0 Å². The molecule has 1 aromatic heterocycles. The molecule has 8 heteroatoms. The van der Waals surface area contributed by atoms with Gasteiger partial charge in [0, 0.05) is 32.0 Å². The topological polar surface area (TPSA) is 87.5 Å². The summed E-state index contributed by atoms with van der Waals surface area (Å²) in [7, 11) is 3.72. The molecule has 31 heavy (non-hydrogen) atoms. The second kappa shape index (κ2) is 8.99. The molecule has 0 saturated heterocycles. The number of aryl methyl sites for hydroxylation is 2. The van der Waals surface area contributed by atoms with Gasteiger partial charge in [0.15, 0.2) is 0 Å². The highest BCUT2D eigenvalue weighted by atomic mass is 19.1. The molecule has 0 radical (unpaired) electrons. The van der Waals surface area contributed by atoms with Crippen LogP contribution in [0, 0.1) is 19.7 Å². The van der Waals surface area contributed by atoms with Crippen LogP contribution in [0.4, 0.5) is 15.8 Å². The van der Waals surface area contributed by atoms with Gasteiger partial charge in [-0.3, -0.25) is 9.48 Å². The van der Waals surface area contributed by atoms with E-state index in [4.69, 9.17) is 0 Å². The lowest BCUT2D eigenvalue weighted by atomic mass is 10.1. The van der Waals surface area contributed by atoms with Crippen molar-refractivity contribution in [1.29, 1.82) is 0 Å². The number of nitrogens with zero attached hydrogens (tertiary/aromatic N) is 3.